The zero-order valence-electron chi connectivity index (χ0n) is 13.3. The molecule has 0 aliphatic carbocycles. The van der Waals surface area contributed by atoms with Crippen LogP contribution in [0.1, 0.15) is 19.8 Å². The van der Waals surface area contributed by atoms with Crippen molar-refractivity contribution >= 4 is 44.9 Å². The number of hydrogen-bond donors (Lipinski definition) is 1. The molecular weight excluding hydrogens is 328 g/mol. The van der Waals surface area contributed by atoms with Crippen LogP contribution >= 0.6 is 23.1 Å². The quantitative estimate of drug-likeness (QED) is 0.682. The van der Waals surface area contributed by atoms with Gasteiger partial charge in [0.1, 0.15) is 0 Å². The van der Waals surface area contributed by atoms with E-state index in [-0.39, 0.29) is 11.2 Å². The molecule has 5 nitrogen and oxygen atoms in total. The van der Waals surface area contributed by atoms with E-state index in [2.05, 4.69) is 27.5 Å². The molecule has 1 aliphatic heterocycles. The minimum Gasteiger partial charge on any atom is -0.306 e. The lowest BCUT2D eigenvalue weighted by molar-refractivity contribution is -0.120. The Labute approximate surface area is 144 Å². The van der Waals surface area contributed by atoms with Crippen LogP contribution in [0.25, 0.3) is 10.2 Å². The highest BCUT2D eigenvalue weighted by Gasteiger charge is 2.17. The molecule has 0 radical (unpaired) electrons. The minimum absolute atomic E-state index is 0.0688. The molecule has 1 unspecified atom stereocenters. The molecular formula is C16H20N4OS2. The fourth-order valence-electron chi connectivity index (χ4n) is 2.32. The molecule has 1 aliphatic rings. The summed E-state index contributed by atoms with van der Waals surface area (Å²) in [6.45, 7) is 3.90. The van der Waals surface area contributed by atoms with Crippen LogP contribution in [0.2, 0.25) is 0 Å². The lowest BCUT2D eigenvalue weighted by Gasteiger charge is -2.22. The summed E-state index contributed by atoms with van der Waals surface area (Å²) in [5.74, 6) is -0.0688. The molecule has 1 saturated heterocycles. The van der Waals surface area contributed by atoms with Crippen LogP contribution < -0.4 is 5.43 Å². The number of fused-ring (bicyclic) bond motifs is 1. The van der Waals surface area contributed by atoms with Gasteiger partial charge >= 0.3 is 0 Å². The first-order chi connectivity index (χ1) is 11.1. The number of nitrogens with zero attached hydrogens (tertiary/aromatic N) is 3. The monoisotopic (exact) mass is 348 g/mol. The maximum atomic E-state index is 12.2. The summed E-state index contributed by atoms with van der Waals surface area (Å²) in [4.78, 5) is 19.0. The molecule has 122 valence electrons. The number of carbonyl (C=O) groups excluding carboxylic acids is 1. The summed E-state index contributed by atoms with van der Waals surface area (Å²) >= 11 is 3.10. The number of benzene rings is 1. The maximum Gasteiger partial charge on any atom is 0.253 e. The molecule has 1 atom stereocenters. The number of carbonyl (C=O) groups is 1. The Hall–Kier alpha value is -1.44. The third kappa shape index (κ3) is 4.31. The van der Waals surface area contributed by atoms with Crippen molar-refractivity contribution in [3.05, 3.63) is 24.3 Å². The Kier molecular flexibility index (Phi) is 5.30. The molecule has 7 heteroatoms. The first-order valence-corrected chi connectivity index (χ1v) is 9.37. The van der Waals surface area contributed by atoms with Crippen LogP contribution in [-0.2, 0) is 4.79 Å². The van der Waals surface area contributed by atoms with Gasteiger partial charge in [-0.2, -0.15) is 5.10 Å². The Balaban J connectivity index is 1.56. The van der Waals surface area contributed by atoms with E-state index >= 15 is 0 Å². The number of hydrogen-bond acceptors (Lipinski definition) is 6. The number of thiazole rings is 1. The average molecular weight is 348 g/mol. The van der Waals surface area contributed by atoms with E-state index < -0.39 is 0 Å². The number of thioether (sulfide) groups is 1. The van der Waals surface area contributed by atoms with Crippen LogP contribution in [0.15, 0.2) is 33.7 Å². The number of aromatic nitrogens is 1. The van der Waals surface area contributed by atoms with E-state index in [9.17, 15) is 4.79 Å². The number of hydrazone groups is 1. The van der Waals surface area contributed by atoms with Crippen molar-refractivity contribution in [1.29, 1.82) is 0 Å². The first kappa shape index (κ1) is 16.4. The lowest BCUT2D eigenvalue weighted by atomic mass is 10.1. The molecule has 3 rings (SSSR count). The molecule has 2 heterocycles. The van der Waals surface area contributed by atoms with Gasteiger partial charge in [0.05, 0.1) is 15.5 Å². The van der Waals surface area contributed by atoms with Crippen molar-refractivity contribution in [2.24, 2.45) is 5.10 Å². The van der Waals surface area contributed by atoms with Crippen LogP contribution in [0.3, 0.4) is 0 Å². The Morgan fingerprint density at radius 2 is 2.13 bits per heavy atom. The van der Waals surface area contributed by atoms with E-state index in [0.29, 0.717) is 0 Å². The summed E-state index contributed by atoms with van der Waals surface area (Å²) in [5.41, 5.74) is 4.77. The largest absolute Gasteiger partial charge is 0.306 e. The predicted molar refractivity (Wildman–Crippen MR) is 97.2 cm³/mol. The highest BCUT2D eigenvalue weighted by atomic mass is 32.2. The normalized spacial score (nSPS) is 17.2. The van der Waals surface area contributed by atoms with Gasteiger partial charge in [-0.3, -0.25) is 4.79 Å². The predicted octanol–water partition coefficient (Wildman–Crippen LogP) is 2.97. The molecule has 1 N–H and O–H groups in total. The number of amides is 1. The smallest absolute Gasteiger partial charge is 0.253 e. The summed E-state index contributed by atoms with van der Waals surface area (Å²) < 4.78 is 2.06. The van der Waals surface area contributed by atoms with E-state index in [1.807, 2.05) is 31.2 Å². The Bertz CT molecular complexity index is 685. The van der Waals surface area contributed by atoms with Gasteiger partial charge in [-0.1, -0.05) is 23.9 Å². The Morgan fingerprint density at radius 3 is 2.87 bits per heavy atom. The van der Waals surface area contributed by atoms with Gasteiger partial charge in [0.15, 0.2) is 4.34 Å². The fraction of sp³-hybridized carbons (Fsp3) is 0.438. The number of piperidine rings is 1. The average Bonchev–Trinajstić information content (AvgIpc) is 2.96. The molecule has 23 heavy (non-hydrogen) atoms. The zero-order valence-corrected chi connectivity index (χ0v) is 14.9. The molecule has 0 spiro atoms. The van der Waals surface area contributed by atoms with Gasteiger partial charge < -0.3 is 4.90 Å². The highest BCUT2D eigenvalue weighted by molar-refractivity contribution is 8.02. The summed E-state index contributed by atoms with van der Waals surface area (Å²) in [5, 5.41) is 4.07. The van der Waals surface area contributed by atoms with Crippen LogP contribution in [0, 0.1) is 0 Å². The highest BCUT2D eigenvalue weighted by Crippen LogP contribution is 2.31. The minimum atomic E-state index is -0.217. The number of para-hydroxylation sites is 1. The SMILES string of the molecule is CC(Sc1nc2ccccc2s1)C(=O)NN=C1CCN(C)CC1. The van der Waals surface area contributed by atoms with Crippen molar-refractivity contribution in [1.82, 2.24) is 15.3 Å². The van der Waals surface area contributed by atoms with Crippen molar-refractivity contribution < 1.29 is 4.79 Å². The lowest BCUT2D eigenvalue weighted by Crippen LogP contribution is -2.33. The third-order valence-corrected chi connectivity index (χ3v) is 6.04. The van der Waals surface area contributed by atoms with E-state index in [0.717, 1.165) is 46.2 Å². The van der Waals surface area contributed by atoms with Crippen molar-refractivity contribution in [2.75, 3.05) is 20.1 Å². The second-order valence-electron chi connectivity index (χ2n) is 5.66. The summed E-state index contributed by atoms with van der Waals surface area (Å²) in [6.07, 6.45) is 1.85. The Morgan fingerprint density at radius 1 is 1.39 bits per heavy atom. The van der Waals surface area contributed by atoms with E-state index in [4.69, 9.17) is 0 Å². The zero-order chi connectivity index (χ0) is 16.2. The number of rotatable bonds is 4. The number of likely N-dealkylation sites (tertiary alicyclic amines) is 1. The van der Waals surface area contributed by atoms with Crippen LogP contribution in [0.5, 0.6) is 0 Å². The van der Waals surface area contributed by atoms with Gasteiger partial charge in [-0.25, -0.2) is 10.4 Å². The maximum absolute atomic E-state index is 12.2. The van der Waals surface area contributed by atoms with Crippen molar-refractivity contribution in [2.45, 2.75) is 29.4 Å². The first-order valence-electron chi connectivity index (χ1n) is 7.68. The molecule has 1 aromatic carbocycles. The van der Waals surface area contributed by atoms with Gasteiger partial charge in [-0.05, 0) is 26.1 Å². The fourth-order valence-corrected chi connectivity index (χ4v) is 4.52. The molecule has 2 aromatic rings. The van der Waals surface area contributed by atoms with Crippen LogP contribution in [0.4, 0.5) is 0 Å². The van der Waals surface area contributed by atoms with Gasteiger partial charge in [-0.15, -0.1) is 11.3 Å². The molecule has 0 bridgehead atoms. The van der Waals surface area contributed by atoms with Crippen LogP contribution in [-0.4, -0.2) is 46.9 Å². The molecule has 1 fully saturated rings. The third-order valence-electron chi connectivity index (χ3n) is 3.81. The molecule has 1 amide bonds. The van der Waals surface area contributed by atoms with Crippen molar-refractivity contribution in [3.63, 3.8) is 0 Å². The molecule has 1 aromatic heterocycles. The molecule has 0 saturated carbocycles. The number of nitrogens with one attached hydrogen (secondary N) is 1. The summed E-state index contributed by atoms with van der Waals surface area (Å²) in [7, 11) is 2.10. The second-order valence-corrected chi connectivity index (χ2v) is 8.28. The van der Waals surface area contributed by atoms with Crippen molar-refractivity contribution in [3.8, 4) is 0 Å². The standard InChI is InChI=1S/C16H20N4OS2/c1-11(15(21)19-18-12-7-9-20(2)10-8-12)22-16-17-13-5-3-4-6-14(13)23-16/h3-6,11H,7-10H2,1-2H3,(H,19,21). The second kappa shape index (κ2) is 7.42. The van der Waals surface area contributed by atoms with Gasteiger partial charge in [0, 0.05) is 31.6 Å². The van der Waals surface area contributed by atoms with E-state index in [1.165, 1.54) is 11.8 Å². The summed E-state index contributed by atoms with van der Waals surface area (Å²) in [6, 6.07) is 8.02. The van der Waals surface area contributed by atoms with Gasteiger partial charge in [0.2, 0.25) is 0 Å². The van der Waals surface area contributed by atoms with Gasteiger partial charge in [0.25, 0.3) is 5.91 Å². The topological polar surface area (TPSA) is 57.6 Å². The van der Waals surface area contributed by atoms with E-state index in [1.54, 1.807) is 11.3 Å².